The van der Waals surface area contributed by atoms with E-state index in [1.807, 2.05) is 0 Å². The quantitative estimate of drug-likeness (QED) is 0.394. The van der Waals surface area contributed by atoms with Crippen LogP contribution < -0.4 is 12.4 Å². The minimum Gasteiger partial charge on any atom is -1.00 e. The number of hydrogen-bond donors (Lipinski definition) is 0. The van der Waals surface area contributed by atoms with E-state index >= 15 is 0 Å². The van der Waals surface area contributed by atoms with Crippen LogP contribution in [0, 0.1) is 0 Å². The van der Waals surface area contributed by atoms with Gasteiger partial charge in [0.2, 0.25) is 0 Å². The number of quaternary nitrogens is 1. The fourth-order valence-electron chi connectivity index (χ4n) is 1.82. The number of likely N-dealkylation sites (N-methyl/N-ethyl adjacent to an activating group) is 1. The first-order chi connectivity index (χ1) is 5.27. The highest BCUT2D eigenvalue weighted by Crippen LogP contribution is 2.15. The van der Waals surface area contributed by atoms with Gasteiger partial charge < -0.3 is 16.9 Å². The van der Waals surface area contributed by atoms with E-state index in [2.05, 4.69) is 26.1 Å². The van der Waals surface area contributed by atoms with Crippen LogP contribution in [0.25, 0.3) is 0 Å². The van der Waals surface area contributed by atoms with Crippen molar-refractivity contribution in [1.82, 2.24) is 0 Å². The highest BCUT2D eigenvalue weighted by atomic mass is 35.5. The minimum absolute atomic E-state index is 0. The van der Waals surface area contributed by atoms with Gasteiger partial charge in [0.25, 0.3) is 0 Å². The molecule has 0 bridgehead atoms. The van der Waals surface area contributed by atoms with Gasteiger partial charge in [0, 0.05) is 0 Å². The van der Waals surface area contributed by atoms with Crippen molar-refractivity contribution in [3.63, 3.8) is 0 Å². The lowest BCUT2D eigenvalue weighted by atomic mass is 10.1. The first-order valence-corrected chi connectivity index (χ1v) is 4.71. The molecule has 2 heteroatoms. The van der Waals surface area contributed by atoms with Crippen molar-refractivity contribution in [3.05, 3.63) is 12.2 Å². The summed E-state index contributed by atoms with van der Waals surface area (Å²) in [4.78, 5) is 0. The standard InChI is InChI=1S/C10H20N.ClH/c1-3-4-8-11(2)9-6-5-7-10-11;/h3-4H,5-10H2,1-2H3;1H/q+1;/p-1. The molecule has 1 rings (SSSR count). The summed E-state index contributed by atoms with van der Waals surface area (Å²) in [5.74, 6) is 0. The molecule has 0 atom stereocenters. The lowest BCUT2D eigenvalue weighted by molar-refractivity contribution is -0.908. The molecule has 1 aliphatic rings. The number of piperidine rings is 1. The van der Waals surface area contributed by atoms with Gasteiger partial charge in [-0.1, -0.05) is 6.08 Å². The number of rotatable bonds is 2. The van der Waals surface area contributed by atoms with Crippen LogP contribution in [0.2, 0.25) is 0 Å². The van der Waals surface area contributed by atoms with Gasteiger partial charge in [0.05, 0.1) is 26.7 Å². The third kappa shape index (κ3) is 3.59. The van der Waals surface area contributed by atoms with Crippen LogP contribution in [0.4, 0.5) is 0 Å². The van der Waals surface area contributed by atoms with E-state index < -0.39 is 0 Å². The molecule has 0 amide bonds. The van der Waals surface area contributed by atoms with Crippen LogP contribution in [-0.4, -0.2) is 31.2 Å². The molecule has 0 aromatic heterocycles. The molecule has 1 heterocycles. The Kier molecular flexibility index (Phi) is 5.60. The van der Waals surface area contributed by atoms with Gasteiger partial charge in [-0.15, -0.1) is 0 Å². The summed E-state index contributed by atoms with van der Waals surface area (Å²) < 4.78 is 1.27. The van der Waals surface area contributed by atoms with Crippen molar-refractivity contribution in [2.75, 3.05) is 26.7 Å². The molecule has 1 nitrogen and oxygen atoms in total. The molecule has 1 aliphatic heterocycles. The lowest BCUT2D eigenvalue weighted by Crippen LogP contribution is -3.00. The van der Waals surface area contributed by atoms with Gasteiger partial charge in [-0.25, -0.2) is 0 Å². The van der Waals surface area contributed by atoms with Crippen LogP contribution >= 0.6 is 0 Å². The SMILES string of the molecule is CC=CC[N+]1(C)CCCCC1.[Cl-]. The Morgan fingerprint density at radius 1 is 1.17 bits per heavy atom. The van der Waals surface area contributed by atoms with Gasteiger partial charge in [-0.05, 0) is 32.3 Å². The number of nitrogens with zero attached hydrogens (tertiary/aromatic N) is 1. The van der Waals surface area contributed by atoms with Gasteiger partial charge in [0.15, 0.2) is 0 Å². The molecular weight excluding hydrogens is 170 g/mol. The number of halogens is 1. The normalized spacial score (nSPS) is 22.2. The van der Waals surface area contributed by atoms with E-state index in [1.165, 1.54) is 43.4 Å². The van der Waals surface area contributed by atoms with E-state index in [-0.39, 0.29) is 12.4 Å². The maximum atomic E-state index is 2.37. The van der Waals surface area contributed by atoms with Crippen molar-refractivity contribution in [2.24, 2.45) is 0 Å². The summed E-state index contributed by atoms with van der Waals surface area (Å²) in [5, 5.41) is 0. The van der Waals surface area contributed by atoms with Crippen molar-refractivity contribution >= 4 is 0 Å². The van der Waals surface area contributed by atoms with Crippen LogP contribution in [0.1, 0.15) is 26.2 Å². The van der Waals surface area contributed by atoms with E-state index in [0.717, 1.165) is 0 Å². The second kappa shape index (κ2) is 5.60. The summed E-state index contributed by atoms with van der Waals surface area (Å²) in [7, 11) is 2.37. The zero-order chi connectivity index (χ0) is 8.16. The van der Waals surface area contributed by atoms with Crippen LogP contribution in [-0.2, 0) is 0 Å². The van der Waals surface area contributed by atoms with Crippen molar-refractivity contribution < 1.29 is 16.9 Å². The lowest BCUT2D eigenvalue weighted by Gasteiger charge is -2.36. The Balaban J connectivity index is 0.00000121. The molecule has 0 aliphatic carbocycles. The Bertz CT molecular complexity index is 137. The fraction of sp³-hybridized carbons (Fsp3) is 0.800. The topological polar surface area (TPSA) is 0 Å². The van der Waals surface area contributed by atoms with Gasteiger partial charge >= 0.3 is 0 Å². The monoisotopic (exact) mass is 189 g/mol. The van der Waals surface area contributed by atoms with Gasteiger partial charge in [0.1, 0.15) is 0 Å². The zero-order valence-corrected chi connectivity index (χ0v) is 8.98. The molecule has 0 radical (unpaired) electrons. The second-order valence-electron chi connectivity index (χ2n) is 3.88. The van der Waals surface area contributed by atoms with Crippen molar-refractivity contribution in [1.29, 1.82) is 0 Å². The zero-order valence-electron chi connectivity index (χ0n) is 8.22. The Labute approximate surface area is 82.5 Å². The Hall–Kier alpha value is -0.0100. The highest BCUT2D eigenvalue weighted by molar-refractivity contribution is 4.76. The Morgan fingerprint density at radius 2 is 1.75 bits per heavy atom. The van der Waals surface area contributed by atoms with E-state index in [4.69, 9.17) is 0 Å². The third-order valence-corrected chi connectivity index (χ3v) is 2.68. The average Bonchev–Trinajstić information content (AvgIpc) is 2.03. The molecule has 0 aromatic rings. The summed E-state index contributed by atoms with van der Waals surface area (Å²) in [6.07, 6.45) is 8.76. The van der Waals surface area contributed by atoms with E-state index in [1.54, 1.807) is 0 Å². The summed E-state index contributed by atoms with van der Waals surface area (Å²) in [5.41, 5.74) is 0. The van der Waals surface area contributed by atoms with E-state index in [0.29, 0.717) is 0 Å². The van der Waals surface area contributed by atoms with Gasteiger partial charge in [-0.2, -0.15) is 0 Å². The van der Waals surface area contributed by atoms with Crippen LogP contribution in [0.5, 0.6) is 0 Å². The second-order valence-corrected chi connectivity index (χ2v) is 3.88. The molecule has 0 N–H and O–H groups in total. The van der Waals surface area contributed by atoms with Crippen molar-refractivity contribution in [2.45, 2.75) is 26.2 Å². The summed E-state index contributed by atoms with van der Waals surface area (Å²) in [6.45, 7) is 6.10. The van der Waals surface area contributed by atoms with Gasteiger partial charge in [-0.3, -0.25) is 0 Å². The predicted octanol–water partition coefficient (Wildman–Crippen LogP) is -0.803. The molecule has 1 fully saturated rings. The molecule has 0 unspecified atom stereocenters. The van der Waals surface area contributed by atoms with Crippen LogP contribution in [0.3, 0.4) is 0 Å². The largest absolute Gasteiger partial charge is 1.00 e. The highest BCUT2D eigenvalue weighted by Gasteiger charge is 2.22. The third-order valence-electron chi connectivity index (χ3n) is 2.68. The average molecular weight is 190 g/mol. The molecule has 0 saturated carbocycles. The maximum absolute atomic E-state index is 2.37. The molecule has 1 saturated heterocycles. The Morgan fingerprint density at radius 3 is 2.25 bits per heavy atom. The molecule has 72 valence electrons. The smallest absolute Gasteiger partial charge is 0.0971 e. The summed E-state index contributed by atoms with van der Waals surface area (Å²) >= 11 is 0. The number of likely N-dealkylation sites (tertiary alicyclic amines) is 1. The first kappa shape index (κ1) is 12.0. The molecule has 0 spiro atoms. The minimum atomic E-state index is 0. The van der Waals surface area contributed by atoms with Crippen LogP contribution in [0.15, 0.2) is 12.2 Å². The van der Waals surface area contributed by atoms with Crippen molar-refractivity contribution in [3.8, 4) is 0 Å². The maximum Gasteiger partial charge on any atom is 0.0971 e. The number of hydrogen-bond acceptors (Lipinski definition) is 0. The fourth-order valence-corrected chi connectivity index (χ4v) is 1.82. The molecular formula is C10H20ClN. The number of allylic oxidation sites excluding steroid dienone is 1. The predicted molar refractivity (Wildman–Crippen MR) is 49.5 cm³/mol. The summed E-state index contributed by atoms with van der Waals surface area (Å²) in [6, 6.07) is 0. The molecule has 0 aromatic carbocycles. The molecule has 12 heavy (non-hydrogen) atoms. The first-order valence-electron chi connectivity index (χ1n) is 4.71. The van der Waals surface area contributed by atoms with E-state index in [9.17, 15) is 0 Å².